The first kappa shape index (κ1) is 18.2. The Kier molecular flexibility index (Phi) is 5.02. The molecular weight excluding hydrogens is 425 g/mol. The summed E-state index contributed by atoms with van der Waals surface area (Å²) in [4.78, 5) is 23.9. The molecule has 0 saturated carbocycles. The van der Waals surface area contributed by atoms with Gasteiger partial charge in [0.1, 0.15) is 5.01 Å². The van der Waals surface area contributed by atoms with Crippen molar-refractivity contribution in [3.05, 3.63) is 79.8 Å². The molecule has 2 aromatic heterocycles. The van der Waals surface area contributed by atoms with E-state index in [0.29, 0.717) is 26.6 Å². The van der Waals surface area contributed by atoms with Crippen molar-refractivity contribution in [2.24, 2.45) is 0 Å². The number of thiazole rings is 1. The number of nitrogens with zero attached hydrogens (tertiary/aromatic N) is 2. The largest absolute Gasteiger partial charge is 0.305 e. The summed E-state index contributed by atoms with van der Waals surface area (Å²) in [7, 11) is 0. The van der Waals surface area contributed by atoms with Gasteiger partial charge in [-0.2, -0.15) is 0 Å². The predicted molar refractivity (Wildman–Crippen MR) is 114 cm³/mol. The third kappa shape index (κ3) is 3.92. The van der Waals surface area contributed by atoms with Gasteiger partial charge >= 0.3 is 0 Å². The Morgan fingerprint density at radius 1 is 1.04 bits per heavy atom. The molecule has 4 aromatic rings. The summed E-state index contributed by atoms with van der Waals surface area (Å²) < 4.78 is 0. The number of H-pyrrole nitrogens is 1. The lowest BCUT2D eigenvalue weighted by molar-refractivity contribution is 1.13. The Morgan fingerprint density at radius 2 is 1.78 bits per heavy atom. The Labute approximate surface area is 173 Å². The van der Waals surface area contributed by atoms with E-state index >= 15 is 0 Å². The molecule has 8 heteroatoms. The van der Waals surface area contributed by atoms with Crippen molar-refractivity contribution in [3.63, 3.8) is 0 Å². The summed E-state index contributed by atoms with van der Waals surface area (Å²) in [5, 5.41) is 4.57. The molecule has 1 N–H and O–H groups in total. The summed E-state index contributed by atoms with van der Waals surface area (Å²) in [5.74, 6) is 0.275. The fourth-order valence-corrected chi connectivity index (χ4v) is 3.78. The number of nitrogens with one attached hydrogen (secondary N) is 1. The number of aromatic nitrogens is 3. The SMILES string of the molecule is O=c1[nH]c(/C(Cl)=C/c2csc(-c3ccc(Cl)cc3)n2)nc2ccc(Cl)cc12. The molecule has 134 valence electrons. The minimum atomic E-state index is -0.302. The molecule has 0 aliphatic carbocycles. The van der Waals surface area contributed by atoms with E-state index in [-0.39, 0.29) is 16.4 Å². The lowest BCUT2D eigenvalue weighted by Gasteiger charge is -2.02. The van der Waals surface area contributed by atoms with Crippen molar-refractivity contribution in [1.82, 2.24) is 15.0 Å². The van der Waals surface area contributed by atoms with Crippen molar-refractivity contribution in [2.45, 2.75) is 0 Å². The van der Waals surface area contributed by atoms with E-state index < -0.39 is 0 Å². The molecule has 0 fully saturated rings. The fourth-order valence-electron chi connectivity index (χ4n) is 2.50. The van der Waals surface area contributed by atoms with Gasteiger partial charge in [0.25, 0.3) is 5.56 Å². The molecule has 0 amide bonds. The fraction of sp³-hybridized carbons (Fsp3) is 0. The highest BCUT2D eigenvalue weighted by molar-refractivity contribution is 7.13. The highest BCUT2D eigenvalue weighted by Gasteiger charge is 2.09. The predicted octanol–water partition coefficient (Wildman–Crippen LogP) is 6.09. The molecule has 0 aliphatic heterocycles. The van der Waals surface area contributed by atoms with Gasteiger partial charge in [-0.05, 0) is 36.4 Å². The minimum Gasteiger partial charge on any atom is -0.305 e. The van der Waals surface area contributed by atoms with Crippen LogP contribution in [0.3, 0.4) is 0 Å². The maximum absolute atomic E-state index is 12.3. The van der Waals surface area contributed by atoms with Crippen molar-refractivity contribution in [2.75, 3.05) is 0 Å². The van der Waals surface area contributed by atoms with Gasteiger partial charge in [0, 0.05) is 21.0 Å². The Hall–Kier alpha value is -2.18. The molecule has 0 bridgehead atoms. The summed E-state index contributed by atoms with van der Waals surface area (Å²) >= 11 is 19.7. The molecular formula is C19H10Cl3N3OS. The molecule has 0 radical (unpaired) electrons. The van der Waals surface area contributed by atoms with E-state index in [9.17, 15) is 4.79 Å². The van der Waals surface area contributed by atoms with Gasteiger partial charge < -0.3 is 4.98 Å². The first-order valence-corrected chi connectivity index (χ1v) is 9.79. The van der Waals surface area contributed by atoms with E-state index in [1.807, 2.05) is 29.6 Å². The minimum absolute atomic E-state index is 0.275. The molecule has 0 saturated heterocycles. The number of aromatic amines is 1. The number of benzene rings is 2. The van der Waals surface area contributed by atoms with Gasteiger partial charge in [0.05, 0.1) is 21.6 Å². The Balaban J connectivity index is 1.68. The van der Waals surface area contributed by atoms with E-state index in [1.165, 1.54) is 11.3 Å². The quantitative estimate of drug-likeness (QED) is 0.424. The van der Waals surface area contributed by atoms with E-state index in [4.69, 9.17) is 34.8 Å². The van der Waals surface area contributed by atoms with Gasteiger partial charge in [0.15, 0.2) is 5.82 Å². The average Bonchev–Trinajstić information content (AvgIpc) is 3.11. The Morgan fingerprint density at radius 3 is 2.56 bits per heavy atom. The standard InChI is InChI=1S/C19H10Cl3N3OS/c20-11-3-1-10(2-4-11)19-23-13(9-27-19)8-15(22)17-24-16-6-5-12(21)7-14(16)18(26)25-17/h1-9H,(H,24,25,26)/b15-8-. The van der Waals surface area contributed by atoms with Crippen LogP contribution < -0.4 is 5.56 Å². The number of halogens is 3. The van der Waals surface area contributed by atoms with Crippen LogP contribution in [0.2, 0.25) is 10.0 Å². The zero-order valence-electron chi connectivity index (χ0n) is 13.5. The highest BCUT2D eigenvalue weighted by Crippen LogP contribution is 2.27. The lowest BCUT2D eigenvalue weighted by atomic mass is 10.2. The lowest BCUT2D eigenvalue weighted by Crippen LogP contribution is -2.10. The first-order valence-electron chi connectivity index (χ1n) is 7.78. The molecule has 2 heterocycles. The van der Waals surface area contributed by atoms with Crippen LogP contribution in [0.25, 0.3) is 32.6 Å². The summed E-state index contributed by atoms with van der Waals surface area (Å²) in [6.07, 6.45) is 1.66. The highest BCUT2D eigenvalue weighted by atomic mass is 35.5. The smallest absolute Gasteiger partial charge is 0.259 e. The second kappa shape index (κ2) is 7.44. The zero-order valence-corrected chi connectivity index (χ0v) is 16.6. The molecule has 2 aromatic carbocycles. The monoisotopic (exact) mass is 433 g/mol. The molecule has 0 spiro atoms. The topological polar surface area (TPSA) is 58.6 Å². The second-order valence-electron chi connectivity index (χ2n) is 5.65. The van der Waals surface area contributed by atoms with E-state index in [0.717, 1.165) is 10.6 Å². The number of fused-ring (bicyclic) bond motifs is 1. The molecule has 4 rings (SSSR count). The van der Waals surface area contributed by atoms with Crippen molar-refractivity contribution >= 4 is 68.2 Å². The normalized spacial score (nSPS) is 11.9. The van der Waals surface area contributed by atoms with Gasteiger partial charge in [-0.15, -0.1) is 11.3 Å². The molecule has 0 unspecified atom stereocenters. The zero-order chi connectivity index (χ0) is 19.0. The van der Waals surface area contributed by atoms with Crippen LogP contribution in [0, 0.1) is 0 Å². The third-order valence-corrected chi connectivity index (χ3v) is 5.47. The number of hydrogen-bond acceptors (Lipinski definition) is 4. The average molecular weight is 435 g/mol. The number of rotatable bonds is 3. The van der Waals surface area contributed by atoms with Crippen LogP contribution in [0.5, 0.6) is 0 Å². The maximum atomic E-state index is 12.3. The first-order chi connectivity index (χ1) is 13.0. The summed E-state index contributed by atoms with van der Waals surface area (Å²) in [6.45, 7) is 0. The Bertz CT molecular complexity index is 1230. The van der Waals surface area contributed by atoms with Crippen molar-refractivity contribution in [1.29, 1.82) is 0 Å². The molecule has 4 nitrogen and oxygen atoms in total. The van der Waals surface area contributed by atoms with Gasteiger partial charge in [0.2, 0.25) is 0 Å². The summed E-state index contributed by atoms with van der Waals surface area (Å²) in [5.41, 5.74) is 1.86. The van der Waals surface area contributed by atoms with Gasteiger partial charge in [-0.3, -0.25) is 4.79 Å². The van der Waals surface area contributed by atoms with Gasteiger partial charge in [-0.1, -0.05) is 46.9 Å². The third-order valence-electron chi connectivity index (χ3n) is 3.78. The van der Waals surface area contributed by atoms with Crippen LogP contribution in [0.15, 0.2) is 52.6 Å². The van der Waals surface area contributed by atoms with Crippen LogP contribution in [-0.2, 0) is 0 Å². The number of hydrogen-bond donors (Lipinski definition) is 1. The van der Waals surface area contributed by atoms with Crippen molar-refractivity contribution < 1.29 is 0 Å². The van der Waals surface area contributed by atoms with Crippen molar-refractivity contribution in [3.8, 4) is 10.6 Å². The maximum Gasteiger partial charge on any atom is 0.259 e. The summed E-state index contributed by atoms with van der Waals surface area (Å²) in [6, 6.07) is 12.4. The van der Waals surface area contributed by atoms with Crippen LogP contribution in [0.4, 0.5) is 0 Å². The van der Waals surface area contributed by atoms with Crippen LogP contribution in [-0.4, -0.2) is 15.0 Å². The molecule has 0 aliphatic rings. The van der Waals surface area contributed by atoms with E-state index in [1.54, 1.807) is 24.3 Å². The van der Waals surface area contributed by atoms with Gasteiger partial charge in [-0.25, -0.2) is 9.97 Å². The molecule has 0 atom stereocenters. The van der Waals surface area contributed by atoms with E-state index in [2.05, 4.69) is 15.0 Å². The van der Waals surface area contributed by atoms with Crippen LogP contribution in [0.1, 0.15) is 11.5 Å². The second-order valence-corrected chi connectivity index (χ2v) is 7.79. The van der Waals surface area contributed by atoms with Crippen LogP contribution >= 0.6 is 46.1 Å². The molecule has 27 heavy (non-hydrogen) atoms.